The molecule has 4 rings (SSSR count). The van der Waals surface area contributed by atoms with Gasteiger partial charge >= 0.3 is 0 Å². The summed E-state index contributed by atoms with van der Waals surface area (Å²) >= 11 is 0. The summed E-state index contributed by atoms with van der Waals surface area (Å²) < 4.78 is 29.4. The van der Waals surface area contributed by atoms with Gasteiger partial charge in [0.1, 0.15) is 6.04 Å². The second-order valence-corrected chi connectivity index (χ2v) is 9.60. The number of benzene rings is 1. The number of aromatic nitrogens is 3. The quantitative estimate of drug-likeness (QED) is 0.426. The second-order valence-electron chi connectivity index (χ2n) is 7.92. The zero-order valence-electron chi connectivity index (χ0n) is 17.8. The average molecular weight is 457 g/mol. The predicted octanol–water partition coefficient (Wildman–Crippen LogP) is 2.51. The highest BCUT2D eigenvalue weighted by Crippen LogP contribution is 2.23. The number of nitrogens with one attached hydrogen (secondary N) is 3. The molecule has 9 nitrogen and oxygen atoms in total. The first-order chi connectivity index (χ1) is 15.5. The fourth-order valence-electron chi connectivity index (χ4n) is 4.02. The Balaban J connectivity index is 1.51. The van der Waals surface area contributed by atoms with Crippen molar-refractivity contribution < 1.29 is 13.2 Å². The molecule has 3 N–H and O–H groups in total. The summed E-state index contributed by atoms with van der Waals surface area (Å²) in [6.45, 7) is 1.91. The van der Waals surface area contributed by atoms with Crippen molar-refractivity contribution in [1.29, 1.82) is 0 Å². The molecule has 1 aliphatic rings. The Morgan fingerprint density at radius 1 is 1.16 bits per heavy atom. The lowest BCUT2D eigenvalue weighted by Crippen LogP contribution is -2.50. The number of pyridine rings is 1. The standard InChI is InChI=1S/C22H28N6O3S/c29-21(28-14-2-1-3-15-28)19(7-5-10-24-22-25-12-13-26-22)27-32(30,31)20-8-4-6-17-16-23-11-9-18(17)20/h4,6,8-9,11-13,16,19,27H,1-3,5,7,10,14-15H2,(H2,24,25,26)/t19-/m0/s1. The van der Waals surface area contributed by atoms with Gasteiger partial charge in [0.05, 0.1) is 4.90 Å². The third kappa shape index (κ3) is 5.25. The Morgan fingerprint density at radius 2 is 2.00 bits per heavy atom. The van der Waals surface area contributed by atoms with Crippen LogP contribution in [0.1, 0.15) is 32.1 Å². The van der Waals surface area contributed by atoms with Gasteiger partial charge in [-0.2, -0.15) is 4.72 Å². The van der Waals surface area contributed by atoms with Crippen LogP contribution in [0.15, 0.2) is 53.9 Å². The van der Waals surface area contributed by atoms with Crippen molar-refractivity contribution in [3.05, 3.63) is 49.1 Å². The summed E-state index contributed by atoms with van der Waals surface area (Å²) in [5.74, 6) is 0.488. The van der Waals surface area contributed by atoms with Gasteiger partial charge in [-0.15, -0.1) is 0 Å². The first-order valence-corrected chi connectivity index (χ1v) is 12.4. The number of hydrogen-bond acceptors (Lipinski definition) is 6. The minimum atomic E-state index is -3.91. The lowest BCUT2D eigenvalue weighted by molar-refractivity contribution is -0.134. The Hall–Kier alpha value is -2.98. The lowest BCUT2D eigenvalue weighted by atomic mass is 10.1. The number of anilines is 1. The number of carbonyl (C=O) groups excluding carboxylic acids is 1. The maximum atomic E-state index is 13.3. The highest BCUT2D eigenvalue weighted by molar-refractivity contribution is 7.89. The van der Waals surface area contributed by atoms with E-state index in [0.29, 0.717) is 43.8 Å². The summed E-state index contributed by atoms with van der Waals surface area (Å²) in [5.41, 5.74) is 0. The van der Waals surface area contributed by atoms with Gasteiger partial charge in [0, 0.05) is 55.2 Å². The Kier molecular flexibility index (Phi) is 7.01. The molecule has 1 fully saturated rings. The summed E-state index contributed by atoms with van der Waals surface area (Å²) in [6, 6.07) is 5.92. The summed E-state index contributed by atoms with van der Waals surface area (Å²) in [4.78, 5) is 26.3. The molecule has 32 heavy (non-hydrogen) atoms. The van der Waals surface area contributed by atoms with Crippen LogP contribution in [0, 0.1) is 0 Å². The minimum absolute atomic E-state index is 0.155. The van der Waals surface area contributed by atoms with Crippen LogP contribution in [0.25, 0.3) is 10.8 Å². The third-order valence-electron chi connectivity index (χ3n) is 5.65. The number of rotatable bonds is 9. The number of H-pyrrole nitrogens is 1. The van der Waals surface area contributed by atoms with Crippen LogP contribution in [0.5, 0.6) is 0 Å². The van der Waals surface area contributed by atoms with Crippen molar-refractivity contribution in [2.24, 2.45) is 0 Å². The fourth-order valence-corrected chi connectivity index (χ4v) is 5.47. The van der Waals surface area contributed by atoms with E-state index in [2.05, 4.69) is 25.0 Å². The molecular weight excluding hydrogens is 428 g/mol. The van der Waals surface area contributed by atoms with Crippen LogP contribution < -0.4 is 10.0 Å². The number of sulfonamides is 1. The Labute approximate surface area is 187 Å². The molecule has 3 heterocycles. The van der Waals surface area contributed by atoms with E-state index in [9.17, 15) is 13.2 Å². The summed E-state index contributed by atoms with van der Waals surface area (Å²) in [7, 11) is -3.91. The molecular formula is C22H28N6O3S. The average Bonchev–Trinajstić information content (AvgIpc) is 3.34. The van der Waals surface area contributed by atoms with E-state index in [1.165, 1.54) is 0 Å². The molecule has 2 aromatic heterocycles. The first-order valence-electron chi connectivity index (χ1n) is 10.9. The number of carbonyl (C=O) groups is 1. The number of amides is 1. The number of hydrogen-bond donors (Lipinski definition) is 3. The zero-order valence-corrected chi connectivity index (χ0v) is 18.6. The highest BCUT2D eigenvalue weighted by atomic mass is 32.2. The summed E-state index contributed by atoms with van der Waals surface area (Å²) in [6.07, 6.45) is 10.5. The fraction of sp³-hybridized carbons (Fsp3) is 0.409. The molecule has 1 atom stereocenters. The molecule has 0 spiro atoms. The molecule has 0 bridgehead atoms. The van der Waals surface area contributed by atoms with Crippen LogP contribution in [0.4, 0.5) is 5.95 Å². The van der Waals surface area contributed by atoms with E-state index in [-0.39, 0.29) is 10.8 Å². The van der Waals surface area contributed by atoms with Crippen molar-refractivity contribution in [3.63, 3.8) is 0 Å². The topological polar surface area (TPSA) is 120 Å². The van der Waals surface area contributed by atoms with Crippen LogP contribution >= 0.6 is 0 Å². The second kappa shape index (κ2) is 10.1. The largest absolute Gasteiger partial charge is 0.356 e. The van der Waals surface area contributed by atoms with Crippen LogP contribution in [-0.4, -0.2) is 59.9 Å². The molecule has 1 saturated heterocycles. The zero-order chi connectivity index (χ0) is 22.4. The van der Waals surface area contributed by atoms with E-state index in [0.717, 1.165) is 24.6 Å². The molecule has 3 aromatic rings. The number of imidazole rings is 1. The molecule has 0 saturated carbocycles. The molecule has 0 aliphatic carbocycles. The number of piperidine rings is 1. The normalized spacial score (nSPS) is 15.6. The molecule has 1 amide bonds. The van der Waals surface area contributed by atoms with Gasteiger partial charge in [0.25, 0.3) is 0 Å². The van der Waals surface area contributed by atoms with Crippen molar-refractivity contribution in [2.45, 2.75) is 43.0 Å². The first kappa shape index (κ1) is 22.2. The van der Waals surface area contributed by atoms with E-state index < -0.39 is 16.1 Å². The maximum absolute atomic E-state index is 13.3. The van der Waals surface area contributed by atoms with E-state index >= 15 is 0 Å². The van der Waals surface area contributed by atoms with Crippen molar-refractivity contribution in [1.82, 2.24) is 24.6 Å². The number of likely N-dealkylation sites (tertiary alicyclic amines) is 1. The minimum Gasteiger partial charge on any atom is -0.356 e. The van der Waals surface area contributed by atoms with Gasteiger partial charge in [-0.3, -0.25) is 9.78 Å². The molecule has 1 aromatic carbocycles. The Morgan fingerprint density at radius 3 is 2.78 bits per heavy atom. The highest BCUT2D eigenvalue weighted by Gasteiger charge is 2.30. The molecule has 0 unspecified atom stereocenters. The van der Waals surface area contributed by atoms with Crippen molar-refractivity contribution >= 4 is 32.7 Å². The smallest absolute Gasteiger partial charge is 0.241 e. The molecule has 1 aliphatic heterocycles. The molecule has 10 heteroatoms. The van der Waals surface area contributed by atoms with E-state index in [1.807, 2.05) is 6.07 Å². The SMILES string of the molecule is O=C([C@H](CCCNc1ncc[nH]1)NS(=O)(=O)c1cccc2cnccc12)N1CCCCC1. The van der Waals surface area contributed by atoms with Gasteiger partial charge in [-0.25, -0.2) is 13.4 Å². The monoisotopic (exact) mass is 456 g/mol. The van der Waals surface area contributed by atoms with Crippen molar-refractivity contribution in [3.8, 4) is 0 Å². The summed E-state index contributed by atoms with van der Waals surface area (Å²) in [5, 5.41) is 4.46. The van der Waals surface area contributed by atoms with Crippen LogP contribution in [0.2, 0.25) is 0 Å². The van der Waals surface area contributed by atoms with Gasteiger partial charge < -0.3 is 15.2 Å². The number of fused-ring (bicyclic) bond motifs is 1. The van der Waals surface area contributed by atoms with Crippen LogP contribution in [0.3, 0.4) is 0 Å². The number of nitrogens with zero attached hydrogens (tertiary/aromatic N) is 3. The predicted molar refractivity (Wildman–Crippen MR) is 123 cm³/mol. The van der Waals surface area contributed by atoms with Crippen molar-refractivity contribution in [2.75, 3.05) is 25.0 Å². The third-order valence-corrected chi connectivity index (χ3v) is 7.18. The molecule has 0 radical (unpaired) electrons. The van der Waals surface area contributed by atoms with Crippen LogP contribution in [-0.2, 0) is 14.8 Å². The van der Waals surface area contributed by atoms with Gasteiger partial charge in [-0.05, 0) is 44.2 Å². The molecule has 170 valence electrons. The van der Waals surface area contributed by atoms with Gasteiger partial charge in [0.15, 0.2) is 5.95 Å². The maximum Gasteiger partial charge on any atom is 0.241 e. The lowest BCUT2D eigenvalue weighted by Gasteiger charge is -2.30. The Bertz CT molecular complexity index is 1140. The van der Waals surface area contributed by atoms with E-state index in [4.69, 9.17) is 0 Å². The van der Waals surface area contributed by atoms with Gasteiger partial charge in [-0.1, -0.05) is 12.1 Å². The van der Waals surface area contributed by atoms with E-state index in [1.54, 1.807) is 47.9 Å². The van der Waals surface area contributed by atoms with Gasteiger partial charge in [0.2, 0.25) is 15.9 Å². The number of aromatic amines is 1.